The largest absolute Gasteiger partial charge is 0.374 e. The van der Waals surface area contributed by atoms with Crippen molar-refractivity contribution in [3.63, 3.8) is 0 Å². The third-order valence-electron chi connectivity index (χ3n) is 2.13. The molecular formula is C10H14N4O. The Hall–Kier alpha value is -1.62. The fourth-order valence-electron chi connectivity index (χ4n) is 1.44. The molecule has 0 atom stereocenters. The van der Waals surface area contributed by atoms with Crippen LogP contribution in [-0.4, -0.2) is 28.6 Å². The minimum Gasteiger partial charge on any atom is -0.374 e. The smallest absolute Gasteiger partial charge is 0.158 e. The Bertz CT molecular complexity index is 452. The van der Waals surface area contributed by atoms with Gasteiger partial charge in [0.1, 0.15) is 18.1 Å². The molecule has 2 heterocycles. The minimum atomic E-state index is 0.445. The van der Waals surface area contributed by atoms with Crippen LogP contribution in [-0.2, 0) is 11.3 Å². The van der Waals surface area contributed by atoms with E-state index in [2.05, 4.69) is 20.3 Å². The van der Waals surface area contributed by atoms with Crippen LogP contribution in [0.15, 0.2) is 12.3 Å². The lowest BCUT2D eigenvalue weighted by molar-refractivity contribution is 0.128. The Morgan fingerprint density at radius 1 is 1.47 bits per heavy atom. The Labute approximate surface area is 87.9 Å². The predicted molar refractivity (Wildman–Crippen MR) is 58.8 cm³/mol. The summed E-state index contributed by atoms with van der Waals surface area (Å²) in [4.78, 5) is 11.8. The molecule has 0 saturated heterocycles. The summed E-state index contributed by atoms with van der Waals surface area (Å²) >= 11 is 0. The van der Waals surface area contributed by atoms with Crippen LogP contribution in [0.5, 0.6) is 0 Å². The molecule has 0 saturated carbocycles. The number of hydrogen-bond acceptors (Lipinski definition) is 4. The van der Waals surface area contributed by atoms with Crippen molar-refractivity contribution in [3.05, 3.63) is 18.1 Å². The summed E-state index contributed by atoms with van der Waals surface area (Å²) in [5.41, 5.74) is 0.837. The molecule has 2 aromatic heterocycles. The van der Waals surface area contributed by atoms with Crippen molar-refractivity contribution in [3.8, 4) is 0 Å². The Balaban J connectivity index is 2.40. The molecule has 0 aromatic carbocycles. The van der Waals surface area contributed by atoms with Crippen molar-refractivity contribution in [2.45, 2.75) is 13.5 Å². The summed E-state index contributed by atoms with van der Waals surface area (Å²) in [6, 6.07) is 1.95. The van der Waals surface area contributed by atoms with Gasteiger partial charge in [-0.1, -0.05) is 0 Å². The highest BCUT2D eigenvalue weighted by molar-refractivity contribution is 5.86. The molecule has 0 aliphatic heterocycles. The number of rotatable bonds is 4. The summed E-state index contributed by atoms with van der Waals surface area (Å²) in [6.07, 6.45) is 1.85. The molecule has 15 heavy (non-hydrogen) atoms. The third-order valence-corrected chi connectivity index (χ3v) is 2.13. The van der Waals surface area contributed by atoms with E-state index in [9.17, 15) is 0 Å². The molecule has 5 heteroatoms. The topological polar surface area (TPSA) is 62.8 Å². The maximum Gasteiger partial charge on any atom is 0.158 e. The van der Waals surface area contributed by atoms with E-state index in [1.54, 1.807) is 0 Å². The number of nitrogens with zero attached hydrogens (tertiary/aromatic N) is 2. The van der Waals surface area contributed by atoms with E-state index in [1.807, 2.05) is 26.2 Å². The average molecular weight is 206 g/mol. The van der Waals surface area contributed by atoms with Crippen LogP contribution in [0, 0.1) is 0 Å². The maximum absolute atomic E-state index is 5.28. The molecule has 0 spiro atoms. The monoisotopic (exact) mass is 206 g/mol. The zero-order valence-electron chi connectivity index (χ0n) is 8.87. The lowest BCUT2D eigenvalue weighted by atomic mass is 10.3. The second-order valence-electron chi connectivity index (χ2n) is 3.12. The Morgan fingerprint density at radius 3 is 3.07 bits per heavy atom. The highest BCUT2D eigenvalue weighted by Crippen LogP contribution is 2.18. The summed E-state index contributed by atoms with van der Waals surface area (Å²) in [6.45, 7) is 3.06. The van der Waals surface area contributed by atoms with Crippen molar-refractivity contribution in [2.75, 3.05) is 19.0 Å². The van der Waals surface area contributed by atoms with Crippen LogP contribution in [0.4, 0.5) is 5.82 Å². The fourth-order valence-corrected chi connectivity index (χ4v) is 1.44. The van der Waals surface area contributed by atoms with Gasteiger partial charge >= 0.3 is 0 Å². The van der Waals surface area contributed by atoms with E-state index in [0.29, 0.717) is 19.0 Å². The first-order valence-electron chi connectivity index (χ1n) is 4.94. The highest BCUT2D eigenvalue weighted by Gasteiger charge is 2.06. The number of ether oxygens (including phenoxy) is 1. The predicted octanol–water partition coefficient (Wildman–Crippen LogP) is 1.54. The number of nitrogens with one attached hydrogen (secondary N) is 2. The minimum absolute atomic E-state index is 0.445. The molecule has 0 amide bonds. The van der Waals surface area contributed by atoms with Crippen molar-refractivity contribution >= 4 is 16.9 Å². The molecule has 0 radical (unpaired) electrons. The van der Waals surface area contributed by atoms with Crippen LogP contribution in [0.25, 0.3) is 11.0 Å². The van der Waals surface area contributed by atoms with Crippen LogP contribution < -0.4 is 5.32 Å². The van der Waals surface area contributed by atoms with E-state index in [1.165, 1.54) is 0 Å². The maximum atomic E-state index is 5.28. The number of hydrogen-bond donors (Lipinski definition) is 2. The van der Waals surface area contributed by atoms with Crippen molar-refractivity contribution in [2.24, 2.45) is 0 Å². The van der Waals surface area contributed by atoms with Gasteiger partial charge in [0, 0.05) is 19.9 Å². The molecule has 5 nitrogen and oxygen atoms in total. The molecule has 2 rings (SSSR count). The number of anilines is 1. The molecule has 0 aliphatic rings. The van der Waals surface area contributed by atoms with E-state index in [0.717, 1.165) is 16.9 Å². The van der Waals surface area contributed by atoms with Gasteiger partial charge in [0.25, 0.3) is 0 Å². The second kappa shape index (κ2) is 4.27. The molecule has 0 fully saturated rings. The van der Waals surface area contributed by atoms with Crippen LogP contribution >= 0.6 is 0 Å². The highest BCUT2D eigenvalue weighted by atomic mass is 16.5. The first kappa shape index (κ1) is 9.92. The molecule has 0 bridgehead atoms. The summed E-state index contributed by atoms with van der Waals surface area (Å²) in [5.74, 6) is 1.52. The van der Waals surface area contributed by atoms with E-state index >= 15 is 0 Å². The lowest BCUT2D eigenvalue weighted by Gasteiger charge is -2.05. The van der Waals surface area contributed by atoms with Gasteiger partial charge in [-0.2, -0.15) is 0 Å². The first-order chi connectivity index (χ1) is 7.35. The first-order valence-corrected chi connectivity index (χ1v) is 4.94. The van der Waals surface area contributed by atoms with Crippen LogP contribution in [0.2, 0.25) is 0 Å². The molecule has 80 valence electrons. The molecular weight excluding hydrogens is 192 g/mol. The van der Waals surface area contributed by atoms with E-state index < -0.39 is 0 Å². The second-order valence-corrected chi connectivity index (χ2v) is 3.12. The van der Waals surface area contributed by atoms with Crippen molar-refractivity contribution < 1.29 is 4.74 Å². The fraction of sp³-hybridized carbons (Fsp3) is 0.400. The zero-order valence-corrected chi connectivity index (χ0v) is 8.87. The third kappa shape index (κ3) is 1.92. The molecule has 2 aromatic rings. The summed E-state index contributed by atoms with van der Waals surface area (Å²) < 4.78 is 5.28. The van der Waals surface area contributed by atoms with Crippen LogP contribution in [0.1, 0.15) is 12.7 Å². The standard InChI is InChI=1S/C10H14N4O/c1-3-15-6-8-13-9(11-2)7-4-5-12-10(7)14-8/h4-5H,3,6H2,1-2H3,(H2,11,12,13,14). The number of aromatic amines is 1. The number of fused-ring (bicyclic) bond motifs is 1. The van der Waals surface area contributed by atoms with E-state index in [4.69, 9.17) is 4.74 Å². The Morgan fingerprint density at radius 2 is 2.33 bits per heavy atom. The van der Waals surface area contributed by atoms with Gasteiger partial charge in [0.05, 0.1) is 5.39 Å². The van der Waals surface area contributed by atoms with Crippen molar-refractivity contribution in [1.82, 2.24) is 15.0 Å². The van der Waals surface area contributed by atoms with Crippen molar-refractivity contribution in [1.29, 1.82) is 0 Å². The molecule has 0 unspecified atom stereocenters. The van der Waals surface area contributed by atoms with Gasteiger partial charge in [0.15, 0.2) is 5.82 Å². The van der Waals surface area contributed by atoms with Crippen LogP contribution in [0.3, 0.4) is 0 Å². The molecule has 0 aliphatic carbocycles. The van der Waals surface area contributed by atoms with Gasteiger partial charge in [-0.25, -0.2) is 9.97 Å². The number of aromatic nitrogens is 3. The molecule has 2 N–H and O–H groups in total. The quantitative estimate of drug-likeness (QED) is 0.796. The average Bonchev–Trinajstić information content (AvgIpc) is 2.73. The normalized spacial score (nSPS) is 10.8. The van der Waals surface area contributed by atoms with Gasteiger partial charge in [-0.05, 0) is 13.0 Å². The van der Waals surface area contributed by atoms with Gasteiger partial charge in [-0.3, -0.25) is 0 Å². The summed E-state index contributed by atoms with van der Waals surface area (Å²) in [5, 5.41) is 4.04. The summed E-state index contributed by atoms with van der Waals surface area (Å²) in [7, 11) is 1.85. The van der Waals surface area contributed by atoms with Gasteiger partial charge in [-0.15, -0.1) is 0 Å². The van der Waals surface area contributed by atoms with Gasteiger partial charge < -0.3 is 15.0 Å². The number of H-pyrrole nitrogens is 1. The Kier molecular flexibility index (Phi) is 2.82. The SMILES string of the molecule is CCOCc1nc(NC)c2cc[nH]c2n1. The lowest BCUT2D eigenvalue weighted by Crippen LogP contribution is -2.03. The van der Waals surface area contributed by atoms with Gasteiger partial charge in [0.2, 0.25) is 0 Å². The van der Waals surface area contributed by atoms with E-state index in [-0.39, 0.29) is 0 Å². The zero-order chi connectivity index (χ0) is 10.7.